The lowest BCUT2D eigenvalue weighted by Crippen LogP contribution is -2.15. The Morgan fingerprint density at radius 1 is 1.22 bits per heavy atom. The van der Waals surface area contributed by atoms with E-state index >= 15 is 0 Å². The summed E-state index contributed by atoms with van der Waals surface area (Å²) in [4.78, 5) is 16.0. The van der Waals surface area contributed by atoms with Crippen LogP contribution in [-0.2, 0) is 6.18 Å². The van der Waals surface area contributed by atoms with Crippen LogP contribution >= 0.6 is 0 Å². The van der Waals surface area contributed by atoms with E-state index in [2.05, 4.69) is 10.1 Å². The smallest absolute Gasteiger partial charge is 0.433 e. The van der Waals surface area contributed by atoms with E-state index in [0.717, 1.165) is 4.52 Å². The summed E-state index contributed by atoms with van der Waals surface area (Å²) in [6.07, 6.45) is -4.65. The number of aromatic amines is 1. The number of H-pyrrole nitrogens is 1. The van der Waals surface area contributed by atoms with Gasteiger partial charge in [-0.1, -0.05) is 12.1 Å². The van der Waals surface area contributed by atoms with Crippen molar-refractivity contribution in [2.45, 2.75) is 13.1 Å². The van der Waals surface area contributed by atoms with Crippen LogP contribution < -0.4 is 10.3 Å². The van der Waals surface area contributed by atoms with Crippen LogP contribution in [0.25, 0.3) is 16.8 Å². The number of aryl methyl sites for hydroxylation is 1. The molecule has 0 aliphatic carbocycles. The standard InChI is InChI=1S/C15H12F3N3O2/c1-8-7-11(22)21-14(19-8)12(13(20-21)15(16,17)18)9-3-5-10(23-2)6-4-9/h3-7,20H,1-2H3. The first kappa shape index (κ1) is 15.1. The number of aromatic nitrogens is 3. The van der Waals surface area contributed by atoms with Crippen LogP contribution in [0.2, 0.25) is 0 Å². The number of rotatable bonds is 2. The Morgan fingerprint density at radius 2 is 1.87 bits per heavy atom. The Kier molecular flexibility index (Phi) is 3.39. The van der Waals surface area contributed by atoms with Crippen molar-refractivity contribution in [3.05, 3.63) is 52.1 Å². The lowest BCUT2D eigenvalue weighted by atomic mass is 10.1. The molecule has 0 bridgehead atoms. The van der Waals surface area contributed by atoms with Crippen molar-refractivity contribution < 1.29 is 17.9 Å². The summed E-state index contributed by atoms with van der Waals surface area (Å²) < 4.78 is 45.9. The fourth-order valence-corrected chi connectivity index (χ4v) is 2.39. The van der Waals surface area contributed by atoms with Crippen molar-refractivity contribution in [3.8, 4) is 16.9 Å². The second-order valence-electron chi connectivity index (χ2n) is 4.98. The zero-order valence-electron chi connectivity index (χ0n) is 12.2. The van der Waals surface area contributed by atoms with E-state index in [1.165, 1.54) is 25.3 Å². The van der Waals surface area contributed by atoms with Gasteiger partial charge < -0.3 is 4.74 Å². The molecule has 2 heterocycles. The number of nitrogens with one attached hydrogen (secondary N) is 1. The molecule has 0 spiro atoms. The molecule has 0 saturated heterocycles. The van der Waals surface area contributed by atoms with E-state index < -0.39 is 17.4 Å². The van der Waals surface area contributed by atoms with Crippen LogP contribution in [0.5, 0.6) is 5.75 Å². The summed E-state index contributed by atoms with van der Waals surface area (Å²) >= 11 is 0. The van der Waals surface area contributed by atoms with Crippen LogP contribution in [0.1, 0.15) is 11.4 Å². The minimum absolute atomic E-state index is 0.0625. The third-order valence-corrected chi connectivity index (χ3v) is 3.41. The summed E-state index contributed by atoms with van der Waals surface area (Å²) in [5.74, 6) is 0.517. The van der Waals surface area contributed by atoms with Gasteiger partial charge in [-0.05, 0) is 24.6 Å². The number of alkyl halides is 3. The third-order valence-electron chi connectivity index (χ3n) is 3.41. The average molecular weight is 323 g/mol. The molecule has 1 aromatic carbocycles. The van der Waals surface area contributed by atoms with Crippen LogP contribution in [0.4, 0.5) is 13.2 Å². The molecule has 0 fully saturated rings. The number of halogens is 3. The Hall–Kier alpha value is -2.77. The highest BCUT2D eigenvalue weighted by atomic mass is 19.4. The number of fused-ring (bicyclic) bond motifs is 1. The molecular formula is C15H12F3N3O2. The molecule has 0 saturated carbocycles. The highest BCUT2D eigenvalue weighted by molar-refractivity contribution is 5.80. The minimum Gasteiger partial charge on any atom is -0.497 e. The number of nitrogens with zero attached hydrogens (tertiary/aromatic N) is 2. The zero-order valence-corrected chi connectivity index (χ0v) is 12.2. The molecule has 23 heavy (non-hydrogen) atoms. The van der Waals surface area contributed by atoms with Crippen LogP contribution in [0.3, 0.4) is 0 Å². The molecule has 0 aliphatic heterocycles. The topological polar surface area (TPSA) is 59.4 Å². The Bertz CT molecular complexity index is 924. The summed E-state index contributed by atoms with van der Waals surface area (Å²) in [5.41, 5.74) is -1.21. The predicted octanol–water partition coefficient (Wildman–Crippen LogP) is 3.03. The highest BCUT2D eigenvalue weighted by Crippen LogP contribution is 2.38. The summed E-state index contributed by atoms with van der Waals surface area (Å²) in [6, 6.07) is 7.25. The van der Waals surface area contributed by atoms with Crippen molar-refractivity contribution in [3.63, 3.8) is 0 Å². The van der Waals surface area contributed by atoms with Crippen molar-refractivity contribution in [1.29, 1.82) is 0 Å². The van der Waals surface area contributed by atoms with E-state index in [1.54, 1.807) is 19.1 Å². The van der Waals surface area contributed by atoms with Gasteiger partial charge in [-0.15, -0.1) is 0 Å². The van der Waals surface area contributed by atoms with Gasteiger partial charge in [-0.25, -0.2) is 9.50 Å². The van der Waals surface area contributed by atoms with Gasteiger partial charge in [-0.2, -0.15) is 13.2 Å². The van der Waals surface area contributed by atoms with Gasteiger partial charge in [0.2, 0.25) is 0 Å². The largest absolute Gasteiger partial charge is 0.497 e. The van der Waals surface area contributed by atoms with Crippen molar-refractivity contribution in [2.75, 3.05) is 7.11 Å². The molecule has 0 aliphatic rings. The average Bonchev–Trinajstić information content (AvgIpc) is 2.87. The maximum atomic E-state index is 13.4. The van der Waals surface area contributed by atoms with E-state index in [9.17, 15) is 18.0 Å². The SMILES string of the molecule is COc1ccc(-c2c(C(F)(F)F)[nH]n3c(=O)cc(C)nc23)cc1. The second kappa shape index (κ2) is 5.15. The van der Waals surface area contributed by atoms with Gasteiger partial charge in [0.15, 0.2) is 5.65 Å². The minimum atomic E-state index is -4.65. The maximum absolute atomic E-state index is 13.4. The van der Waals surface area contributed by atoms with Gasteiger partial charge in [0.25, 0.3) is 5.56 Å². The van der Waals surface area contributed by atoms with Crippen molar-refractivity contribution >= 4 is 5.65 Å². The Balaban J connectivity index is 2.38. The van der Waals surface area contributed by atoms with E-state index in [4.69, 9.17) is 4.74 Å². The molecule has 8 heteroatoms. The van der Waals surface area contributed by atoms with Crippen molar-refractivity contribution in [2.24, 2.45) is 0 Å². The van der Waals surface area contributed by atoms with Crippen molar-refractivity contribution in [1.82, 2.24) is 14.6 Å². The van der Waals surface area contributed by atoms with E-state index in [1.807, 2.05) is 0 Å². The van der Waals surface area contributed by atoms with Crippen LogP contribution in [0.15, 0.2) is 35.1 Å². The van der Waals surface area contributed by atoms with Crippen LogP contribution in [-0.4, -0.2) is 21.7 Å². The lowest BCUT2D eigenvalue weighted by Gasteiger charge is -2.08. The van der Waals surface area contributed by atoms with Gasteiger partial charge in [-0.3, -0.25) is 9.89 Å². The molecule has 1 N–H and O–H groups in total. The second-order valence-corrected chi connectivity index (χ2v) is 4.98. The normalized spacial score (nSPS) is 11.9. The monoisotopic (exact) mass is 323 g/mol. The first-order chi connectivity index (χ1) is 10.8. The van der Waals surface area contributed by atoms with Gasteiger partial charge in [0.05, 0.1) is 12.7 Å². The number of ether oxygens (including phenoxy) is 1. The molecule has 0 unspecified atom stereocenters. The predicted molar refractivity (Wildman–Crippen MR) is 77.5 cm³/mol. The highest BCUT2D eigenvalue weighted by Gasteiger charge is 2.38. The fourth-order valence-electron chi connectivity index (χ4n) is 2.39. The number of methoxy groups -OCH3 is 1. The zero-order chi connectivity index (χ0) is 16.8. The van der Waals surface area contributed by atoms with Crippen LogP contribution in [0, 0.1) is 6.92 Å². The first-order valence-corrected chi connectivity index (χ1v) is 6.65. The lowest BCUT2D eigenvalue weighted by molar-refractivity contribution is -0.140. The maximum Gasteiger partial charge on any atom is 0.433 e. The molecule has 2 aromatic heterocycles. The molecular weight excluding hydrogens is 311 g/mol. The molecule has 0 radical (unpaired) electrons. The Morgan fingerprint density at radius 3 is 2.43 bits per heavy atom. The third kappa shape index (κ3) is 2.56. The van der Waals surface area contributed by atoms with E-state index in [-0.39, 0.29) is 16.8 Å². The summed E-state index contributed by atoms with van der Waals surface area (Å²) in [7, 11) is 1.46. The molecule has 5 nitrogen and oxygen atoms in total. The molecule has 3 rings (SSSR count). The fraction of sp³-hybridized carbons (Fsp3) is 0.200. The van der Waals surface area contributed by atoms with Gasteiger partial charge in [0, 0.05) is 11.8 Å². The first-order valence-electron chi connectivity index (χ1n) is 6.65. The number of benzene rings is 1. The van der Waals surface area contributed by atoms with Gasteiger partial charge >= 0.3 is 6.18 Å². The quantitative estimate of drug-likeness (QED) is 0.788. The van der Waals surface area contributed by atoms with Gasteiger partial charge in [0.1, 0.15) is 11.4 Å². The molecule has 120 valence electrons. The Labute approximate surface area is 128 Å². The number of hydrogen-bond donors (Lipinski definition) is 1. The van der Waals surface area contributed by atoms with E-state index in [0.29, 0.717) is 11.4 Å². The number of hydrogen-bond acceptors (Lipinski definition) is 3. The molecule has 3 aromatic rings. The summed E-state index contributed by atoms with van der Waals surface area (Å²) in [6.45, 7) is 1.56. The molecule has 0 atom stereocenters. The summed E-state index contributed by atoms with van der Waals surface area (Å²) in [5, 5.41) is 2.11. The molecule has 0 amide bonds.